The monoisotopic (exact) mass is 366 g/mol. The highest BCUT2D eigenvalue weighted by molar-refractivity contribution is 7.90. The lowest BCUT2D eigenvalue weighted by Gasteiger charge is -2.09. The van der Waals surface area contributed by atoms with Crippen molar-refractivity contribution in [2.75, 3.05) is 5.73 Å². The molecule has 0 unspecified atom stereocenters. The fourth-order valence-electron chi connectivity index (χ4n) is 2.29. The second-order valence-electron chi connectivity index (χ2n) is 5.32. The molecule has 2 aromatic heterocycles. The summed E-state index contributed by atoms with van der Waals surface area (Å²) in [7, 11) is -4.47. The van der Waals surface area contributed by atoms with E-state index in [0.717, 1.165) is 11.1 Å². The number of nitrogen functional groups attached to an aromatic ring is 1. The van der Waals surface area contributed by atoms with Gasteiger partial charge in [-0.1, -0.05) is 22.9 Å². The third kappa shape index (κ3) is 2.78. The van der Waals surface area contributed by atoms with Gasteiger partial charge in [0, 0.05) is 0 Å². The van der Waals surface area contributed by atoms with Gasteiger partial charge in [-0.05, 0) is 37.6 Å². The minimum atomic E-state index is -4.47. The summed E-state index contributed by atoms with van der Waals surface area (Å²) in [4.78, 5) is 11.5. The molecule has 1 aromatic carbocycles. The van der Waals surface area contributed by atoms with E-state index >= 15 is 0 Å². The van der Waals surface area contributed by atoms with Gasteiger partial charge >= 0.3 is 11.8 Å². The number of anilines is 1. The normalized spacial score (nSPS) is 11.6. The van der Waals surface area contributed by atoms with Crippen LogP contribution in [0.25, 0.3) is 0 Å². The van der Waals surface area contributed by atoms with Crippen molar-refractivity contribution in [3.05, 3.63) is 45.6 Å². The Kier molecular flexibility index (Phi) is 3.87. The number of rotatable bonds is 4. The lowest BCUT2D eigenvalue weighted by molar-refractivity contribution is 0.350. The molecule has 0 saturated heterocycles. The predicted molar refractivity (Wildman–Crippen MR) is 85.0 cm³/mol. The van der Waals surface area contributed by atoms with Gasteiger partial charge < -0.3 is 15.0 Å². The van der Waals surface area contributed by atoms with Crippen molar-refractivity contribution in [1.82, 2.24) is 14.3 Å². The van der Waals surface area contributed by atoms with Crippen LogP contribution in [0.2, 0.25) is 0 Å². The Hall–Kier alpha value is -3.08. The molecular weight excluding hydrogens is 352 g/mol. The summed E-state index contributed by atoms with van der Waals surface area (Å²) in [6.45, 7) is 5.01. The Labute approximate surface area is 141 Å². The number of benzene rings is 1. The second kappa shape index (κ2) is 5.77. The van der Waals surface area contributed by atoms with Crippen molar-refractivity contribution in [3.63, 3.8) is 0 Å². The molecule has 10 nitrogen and oxygen atoms in total. The molecule has 0 aliphatic rings. The fourth-order valence-corrected chi connectivity index (χ4v) is 3.68. The first kappa shape index (κ1) is 16.8. The summed E-state index contributed by atoms with van der Waals surface area (Å²) >= 11 is 0. The topological polar surface area (TPSA) is 143 Å². The van der Waals surface area contributed by atoms with E-state index in [1.165, 1.54) is 6.92 Å². The average molecular weight is 366 g/mol. The lowest BCUT2D eigenvalue weighted by Crippen LogP contribution is -2.25. The van der Waals surface area contributed by atoms with Gasteiger partial charge in [-0.25, -0.2) is 13.2 Å². The molecule has 3 rings (SSSR count). The van der Waals surface area contributed by atoms with E-state index in [1.54, 1.807) is 19.1 Å². The van der Waals surface area contributed by atoms with Crippen LogP contribution in [0.15, 0.2) is 36.9 Å². The Balaban J connectivity index is 2.13. The van der Waals surface area contributed by atoms with E-state index in [-0.39, 0.29) is 15.6 Å². The predicted octanol–water partition coefficient (Wildman–Crippen LogP) is 1.36. The molecule has 25 heavy (non-hydrogen) atoms. The van der Waals surface area contributed by atoms with Crippen molar-refractivity contribution in [3.8, 4) is 11.8 Å². The molecule has 11 heteroatoms. The first-order valence-corrected chi connectivity index (χ1v) is 8.47. The van der Waals surface area contributed by atoms with Crippen molar-refractivity contribution in [2.45, 2.75) is 25.7 Å². The van der Waals surface area contributed by atoms with Gasteiger partial charge in [-0.3, -0.25) is 4.52 Å². The van der Waals surface area contributed by atoms with E-state index in [1.807, 2.05) is 13.0 Å². The van der Waals surface area contributed by atoms with Gasteiger partial charge in [0.1, 0.15) is 5.75 Å². The Morgan fingerprint density at radius 2 is 1.88 bits per heavy atom. The van der Waals surface area contributed by atoms with E-state index in [2.05, 4.69) is 14.8 Å². The van der Waals surface area contributed by atoms with Crippen LogP contribution in [0.3, 0.4) is 0 Å². The molecule has 0 fully saturated rings. The third-order valence-electron chi connectivity index (χ3n) is 3.40. The highest BCUT2D eigenvalue weighted by Crippen LogP contribution is 2.28. The molecule has 3 aromatic rings. The van der Waals surface area contributed by atoms with Gasteiger partial charge in [0.05, 0.1) is 0 Å². The summed E-state index contributed by atoms with van der Waals surface area (Å²) in [5, 5.41) is 6.77. The van der Waals surface area contributed by atoms with Crippen LogP contribution in [-0.2, 0) is 10.0 Å². The maximum Gasteiger partial charge on any atom is 0.458 e. The first-order valence-electron chi connectivity index (χ1n) is 7.03. The third-order valence-corrected chi connectivity index (χ3v) is 5.20. The van der Waals surface area contributed by atoms with Gasteiger partial charge in [0.25, 0.3) is 10.0 Å². The molecule has 0 aliphatic heterocycles. The van der Waals surface area contributed by atoms with Crippen LogP contribution >= 0.6 is 0 Å². The average Bonchev–Trinajstić information content (AvgIpc) is 3.05. The molecule has 0 radical (unpaired) electrons. The first-order chi connectivity index (χ1) is 11.7. The van der Waals surface area contributed by atoms with Crippen LogP contribution in [0.1, 0.15) is 16.9 Å². The molecule has 0 bridgehead atoms. The van der Waals surface area contributed by atoms with Gasteiger partial charge in [0.15, 0.2) is 16.5 Å². The zero-order valence-electron chi connectivity index (χ0n) is 13.5. The van der Waals surface area contributed by atoms with Crippen molar-refractivity contribution in [1.29, 1.82) is 0 Å². The molecule has 0 spiro atoms. The highest BCUT2D eigenvalue weighted by atomic mass is 32.2. The van der Waals surface area contributed by atoms with E-state index < -0.39 is 26.7 Å². The summed E-state index contributed by atoms with van der Waals surface area (Å²) < 4.78 is 40.5. The van der Waals surface area contributed by atoms with Gasteiger partial charge in [0.2, 0.25) is 0 Å². The second-order valence-corrected chi connectivity index (χ2v) is 7.05. The van der Waals surface area contributed by atoms with Crippen LogP contribution in [-0.4, -0.2) is 22.7 Å². The van der Waals surface area contributed by atoms with Crippen LogP contribution in [0.4, 0.5) is 5.82 Å². The number of aryl methyl sites for hydroxylation is 3. The number of ether oxygens (including phenoxy) is 1. The molecule has 0 aliphatic carbocycles. The van der Waals surface area contributed by atoms with E-state index in [4.69, 9.17) is 15.0 Å². The standard InChI is InChI=1S/C14H14N4O6S/c1-7-4-5-10(8(2)6-7)22-13-17-24-14(19)18(13)25(20,21)11-9(3)23-16-12(11)15/h4-6H,1-3H3,(H2,15,16). The minimum absolute atomic E-state index is 0.0805. The quantitative estimate of drug-likeness (QED) is 0.723. The molecule has 0 amide bonds. The summed E-state index contributed by atoms with van der Waals surface area (Å²) in [6.07, 6.45) is 0. The zero-order valence-corrected chi connectivity index (χ0v) is 14.3. The number of hydrogen-bond donors (Lipinski definition) is 1. The molecular formula is C14H14N4O6S. The van der Waals surface area contributed by atoms with Crippen LogP contribution < -0.4 is 16.2 Å². The number of aromatic nitrogens is 3. The molecule has 0 atom stereocenters. The SMILES string of the molecule is Cc1ccc(Oc2noc(=O)n2S(=O)(=O)c2c(N)noc2C)c(C)c1. The van der Waals surface area contributed by atoms with Gasteiger partial charge in [-0.2, -0.15) is 0 Å². The fraction of sp³-hybridized carbons (Fsp3) is 0.214. The molecule has 0 saturated carbocycles. The van der Waals surface area contributed by atoms with Crippen molar-refractivity contribution >= 4 is 15.8 Å². The van der Waals surface area contributed by atoms with Gasteiger partial charge in [-0.15, -0.1) is 3.97 Å². The Bertz CT molecular complexity index is 1090. The smallest absolute Gasteiger partial charge is 0.422 e. The maximum absolute atomic E-state index is 12.8. The number of nitrogens with two attached hydrogens (primary N) is 1. The lowest BCUT2D eigenvalue weighted by atomic mass is 10.1. The summed E-state index contributed by atoms with van der Waals surface area (Å²) in [5.74, 6) is -1.40. The Morgan fingerprint density at radius 1 is 1.16 bits per heavy atom. The van der Waals surface area contributed by atoms with E-state index in [9.17, 15) is 13.2 Å². The maximum atomic E-state index is 12.8. The molecule has 2 heterocycles. The summed E-state index contributed by atoms with van der Waals surface area (Å²) in [5.41, 5.74) is 7.25. The van der Waals surface area contributed by atoms with E-state index in [0.29, 0.717) is 5.75 Å². The largest absolute Gasteiger partial charge is 0.458 e. The Morgan fingerprint density at radius 3 is 2.48 bits per heavy atom. The zero-order chi connectivity index (χ0) is 18.4. The van der Waals surface area contributed by atoms with Crippen LogP contribution in [0, 0.1) is 20.8 Å². The van der Waals surface area contributed by atoms with Crippen molar-refractivity contribution < 1.29 is 22.2 Å². The highest BCUT2D eigenvalue weighted by Gasteiger charge is 2.33. The number of nitrogens with zero attached hydrogens (tertiary/aromatic N) is 3. The molecule has 132 valence electrons. The molecule has 2 N–H and O–H groups in total. The minimum Gasteiger partial charge on any atom is -0.422 e. The summed E-state index contributed by atoms with van der Waals surface area (Å²) in [6, 6.07) is 4.66. The number of hydrogen-bond acceptors (Lipinski definition) is 9. The van der Waals surface area contributed by atoms with Crippen molar-refractivity contribution in [2.24, 2.45) is 0 Å². The van der Waals surface area contributed by atoms with Crippen LogP contribution in [0.5, 0.6) is 11.8 Å².